The van der Waals surface area contributed by atoms with Crippen LogP contribution in [0.5, 0.6) is 0 Å². The monoisotopic (exact) mass is 229 g/mol. The molecule has 0 bridgehead atoms. The molecule has 90 valence electrons. The minimum atomic E-state index is 0.697. The number of nitrogens with zero attached hydrogens (tertiary/aromatic N) is 3. The number of anilines is 1. The minimum absolute atomic E-state index is 0.697. The van der Waals surface area contributed by atoms with Crippen molar-refractivity contribution < 1.29 is 0 Å². The summed E-state index contributed by atoms with van der Waals surface area (Å²) < 4.78 is 0. The van der Waals surface area contributed by atoms with Gasteiger partial charge in [-0.2, -0.15) is 5.26 Å². The van der Waals surface area contributed by atoms with E-state index in [0.717, 1.165) is 24.8 Å². The summed E-state index contributed by atoms with van der Waals surface area (Å²) in [7, 11) is 0. The van der Waals surface area contributed by atoms with Crippen molar-refractivity contribution in [2.24, 2.45) is 5.92 Å². The van der Waals surface area contributed by atoms with E-state index in [1.807, 2.05) is 12.1 Å². The molecule has 1 aliphatic heterocycles. The molecule has 0 aliphatic carbocycles. The van der Waals surface area contributed by atoms with Gasteiger partial charge in [0.15, 0.2) is 0 Å². The summed E-state index contributed by atoms with van der Waals surface area (Å²) in [4.78, 5) is 6.64. The summed E-state index contributed by atoms with van der Waals surface area (Å²) in [6.07, 6.45) is 6.78. The first kappa shape index (κ1) is 11.9. The number of aromatic nitrogens is 1. The van der Waals surface area contributed by atoms with E-state index in [2.05, 4.69) is 22.9 Å². The topological polar surface area (TPSA) is 39.9 Å². The van der Waals surface area contributed by atoms with Gasteiger partial charge in [-0.05, 0) is 37.3 Å². The van der Waals surface area contributed by atoms with Gasteiger partial charge < -0.3 is 4.90 Å². The number of pyridine rings is 1. The molecule has 1 unspecified atom stereocenters. The zero-order valence-electron chi connectivity index (χ0n) is 10.4. The quantitative estimate of drug-likeness (QED) is 0.782. The van der Waals surface area contributed by atoms with Crippen LogP contribution in [0, 0.1) is 17.2 Å². The molecule has 0 amide bonds. The summed E-state index contributed by atoms with van der Waals surface area (Å²) in [5, 5.41) is 9.10. The van der Waals surface area contributed by atoms with Crippen LogP contribution in [0.2, 0.25) is 0 Å². The SMILES string of the molecule is CCC1CCCN(c2ncccc2C#N)CC1. The number of hydrogen-bond acceptors (Lipinski definition) is 3. The van der Waals surface area contributed by atoms with Gasteiger partial charge in [0.1, 0.15) is 11.9 Å². The predicted octanol–water partition coefficient (Wildman–Crippen LogP) is 2.97. The van der Waals surface area contributed by atoms with Gasteiger partial charge in [-0.15, -0.1) is 0 Å². The highest BCUT2D eigenvalue weighted by atomic mass is 15.2. The van der Waals surface area contributed by atoms with Gasteiger partial charge in [0.2, 0.25) is 0 Å². The Morgan fingerprint density at radius 2 is 2.35 bits per heavy atom. The fraction of sp³-hybridized carbons (Fsp3) is 0.571. The van der Waals surface area contributed by atoms with E-state index in [1.54, 1.807) is 6.20 Å². The van der Waals surface area contributed by atoms with Crippen molar-refractivity contribution >= 4 is 5.82 Å². The van der Waals surface area contributed by atoms with Gasteiger partial charge in [-0.1, -0.05) is 13.3 Å². The number of hydrogen-bond donors (Lipinski definition) is 0. The number of nitriles is 1. The lowest BCUT2D eigenvalue weighted by Gasteiger charge is -2.22. The van der Waals surface area contributed by atoms with Gasteiger partial charge in [0.05, 0.1) is 5.56 Å². The number of rotatable bonds is 2. The van der Waals surface area contributed by atoms with E-state index in [1.165, 1.54) is 25.7 Å². The predicted molar refractivity (Wildman–Crippen MR) is 68.8 cm³/mol. The van der Waals surface area contributed by atoms with E-state index in [4.69, 9.17) is 5.26 Å². The third kappa shape index (κ3) is 2.76. The third-order valence-corrected chi connectivity index (χ3v) is 3.63. The van der Waals surface area contributed by atoms with Crippen LogP contribution >= 0.6 is 0 Å². The van der Waals surface area contributed by atoms with Crippen LogP contribution < -0.4 is 4.90 Å². The summed E-state index contributed by atoms with van der Waals surface area (Å²) >= 11 is 0. The Kier molecular flexibility index (Phi) is 3.98. The highest BCUT2D eigenvalue weighted by Crippen LogP contribution is 2.24. The molecule has 17 heavy (non-hydrogen) atoms. The normalized spacial score (nSPS) is 20.7. The largest absolute Gasteiger partial charge is 0.356 e. The fourth-order valence-corrected chi connectivity index (χ4v) is 2.52. The highest BCUT2D eigenvalue weighted by Gasteiger charge is 2.18. The van der Waals surface area contributed by atoms with Gasteiger partial charge in [0, 0.05) is 19.3 Å². The second-order valence-electron chi connectivity index (χ2n) is 4.68. The lowest BCUT2D eigenvalue weighted by atomic mass is 9.98. The first-order valence-corrected chi connectivity index (χ1v) is 6.45. The van der Waals surface area contributed by atoms with E-state index >= 15 is 0 Å². The van der Waals surface area contributed by atoms with E-state index < -0.39 is 0 Å². The standard InChI is InChI=1S/C14H19N3/c1-2-12-5-4-9-17(10-7-12)14-13(11-15)6-3-8-16-14/h3,6,8,12H,2,4-5,7,9-10H2,1H3. The molecule has 1 aromatic heterocycles. The lowest BCUT2D eigenvalue weighted by molar-refractivity contribution is 0.459. The summed E-state index contributed by atoms with van der Waals surface area (Å²) in [5.74, 6) is 1.71. The molecule has 3 heteroatoms. The van der Waals surface area contributed by atoms with Crippen LogP contribution in [-0.2, 0) is 0 Å². The second-order valence-corrected chi connectivity index (χ2v) is 4.68. The van der Waals surface area contributed by atoms with Crippen LogP contribution in [0.4, 0.5) is 5.82 Å². The Hall–Kier alpha value is -1.56. The second kappa shape index (κ2) is 5.67. The summed E-state index contributed by atoms with van der Waals surface area (Å²) in [6, 6.07) is 5.91. The Labute approximate surface area is 103 Å². The molecular weight excluding hydrogens is 210 g/mol. The van der Waals surface area contributed by atoms with Crippen molar-refractivity contribution in [3.8, 4) is 6.07 Å². The molecular formula is C14H19N3. The van der Waals surface area contributed by atoms with E-state index in [-0.39, 0.29) is 0 Å². The average Bonchev–Trinajstić information content (AvgIpc) is 2.63. The van der Waals surface area contributed by atoms with Crippen LogP contribution in [-0.4, -0.2) is 18.1 Å². The minimum Gasteiger partial charge on any atom is -0.356 e. The van der Waals surface area contributed by atoms with Gasteiger partial charge in [-0.3, -0.25) is 0 Å². The maximum atomic E-state index is 9.10. The van der Waals surface area contributed by atoms with Crippen molar-refractivity contribution in [2.75, 3.05) is 18.0 Å². The lowest BCUT2D eigenvalue weighted by Crippen LogP contribution is -2.26. The molecule has 3 nitrogen and oxygen atoms in total. The Bertz CT molecular complexity index is 408. The zero-order chi connectivity index (χ0) is 12.1. The Morgan fingerprint density at radius 1 is 1.47 bits per heavy atom. The van der Waals surface area contributed by atoms with Crippen molar-refractivity contribution in [3.63, 3.8) is 0 Å². The molecule has 2 rings (SSSR count). The maximum absolute atomic E-state index is 9.10. The molecule has 0 radical (unpaired) electrons. The third-order valence-electron chi connectivity index (χ3n) is 3.63. The first-order chi connectivity index (χ1) is 8.35. The zero-order valence-corrected chi connectivity index (χ0v) is 10.4. The molecule has 1 fully saturated rings. The van der Waals surface area contributed by atoms with Crippen molar-refractivity contribution in [1.29, 1.82) is 5.26 Å². The summed E-state index contributed by atoms with van der Waals surface area (Å²) in [5.41, 5.74) is 0.697. The molecule has 1 aromatic rings. The first-order valence-electron chi connectivity index (χ1n) is 6.45. The van der Waals surface area contributed by atoms with Crippen molar-refractivity contribution in [1.82, 2.24) is 4.98 Å². The molecule has 1 atom stereocenters. The van der Waals surface area contributed by atoms with E-state index in [0.29, 0.717) is 5.56 Å². The molecule has 0 aromatic carbocycles. The van der Waals surface area contributed by atoms with Crippen LogP contribution in [0.3, 0.4) is 0 Å². The highest BCUT2D eigenvalue weighted by molar-refractivity contribution is 5.53. The van der Waals surface area contributed by atoms with Crippen LogP contribution in [0.1, 0.15) is 38.2 Å². The smallest absolute Gasteiger partial charge is 0.146 e. The van der Waals surface area contributed by atoms with Crippen LogP contribution in [0.25, 0.3) is 0 Å². The average molecular weight is 229 g/mol. The van der Waals surface area contributed by atoms with Crippen LogP contribution in [0.15, 0.2) is 18.3 Å². The van der Waals surface area contributed by atoms with Gasteiger partial charge in [0.25, 0.3) is 0 Å². The van der Waals surface area contributed by atoms with Gasteiger partial charge in [-0.25, -0.2) is 4.98 Å². The molecule has 0 N–H and O–H groups in total. The summed E-state index contributed by atoms with van der Waals surface area (Å²) in [6.45, 7) is 4.33. The fourth-order valence-electron chi connectivity index (χ4n) is 2.52. The molecule has 1 saturated heterocycles. The molecule has 1 aliphatic rings. The molecule has 2 heterocycles. The Balaban J connectivity index is 2.14. The molecule has 0 saturated carbocycles. The van der Waals surface area contributed by atoms with E-state index in [9.17, 15) is 0 Å². The van der Waals surface area contributed by atoms with Gasteiger partial charge >= 0.3 is 0 Å². The molecule has 0 spiro atoms. The Morgan fingerprint density at radius 3 is 3.12 bits per heavy atom. The van der Waals surface area contributed by atoms with Crippen molar-refractivity contribution in [3.05, 3.63) is 23.9 Å². The maximum Gasteiger partial charge on any atom is 0.146 e. The van der Waals surface area contributed by atoms with Crippen molar-refractivity contribution in [2.45, 2.75) is 32.6 Å².